The van der Waals surface area contributed by atoms with Gasteiger partial charge in [0.15, 0.2) is 0 Å². The van der Waals surface area contributed by atoms with Gasteiger partial charge in [0.05, 0.1) is 11.4 Å². The molecule has 0 bridgehead atoms. The van der Waals surface area contributed by atoms with Crippen LogP contribution in [0.4, 0.5) is 0 Å². The van der Waals surface area contributed by atoms with E-state index in [2.05, 4.69) is 53.3 Å². The molecule has 0 unspecified atom stereocenters. The minimum atomic E-state index is 0.468. The first kappa shape index (κ1) is 12.6. The van der Waals surface area contributed by atoms with Gasteiger partial charge < -0.3 is 0 Å². The van der Waals surface area contributed by atoms with Crippen LogP contribution >= 0.6 is 0 Å². The summed E-state index contributed by atoms with van der Waals surface area (Å²) >= 11 is 0. The molecular formula is C17H17N3. The van der Waals surface area contributed by atoms with E-state index in [1.807, 2.05) is 30.6 Å². The quantitative estimate of drug-likeness (QED) is 0.767. The molecule has 0 aliphatic heterocycles. The predicted octanol–water partition coefficient (Wildman–Crippen LogP) is 4.26. The van der Waals surface area contributed by atoms with Gasteiger partial charge in [-0.3, -0.25) is 10.1 Å². The Kier molecular flexibility index (Phi) is 3.33. The molecule has 0 radical (unpaired) electrons. The lowest BCUT2D eigenvalue weighted by Gasteiger charge is -2.05. The minimum Gasteiger partial charge on any atom is -0.277 e. The van der Waals surface area contributed by atoms with E-state index in [0.29, 0.717) is 5.92 Å². The lowest BCUT2D eigenvalue weighted by Crippen LogP contribution is -1.90. The molecule has 1 N–H and O–H groups in total. The highest BCUT2D eigenvalue weighted by molar-refractivity contribution is 5.67. The number of pyridine rings is 1. The molecule has 0 aliphatic carbocycles. The predicted molar refractivity (Wildman–Crippen MR) is 81.3 cm³/mol. The molecule has 0 saturated heterocycles. The van der Waals surface area contributed by atoms with Gasteiger partial charge in [0.2, 0.25) is 0 Å². The average Bonchev–Trinajstić information content (AvgIpc) is 2.98. The number of rotatable bonds is 3. The third-order valence-electron chi connectivity index (χ3n) is 3.38. The highest BCUT2D eigenvalue weighted by atomic mass is 15.1. The van der Waals surface area contributed by atoms with Crippen molar-refractivity contribution in [2.24, 2.45) is 0 Å². The average molecular weight is 263 g/mol. The minimum absolute atomic E-state index is 0.468. The third-order valence-corrected chi connectivity index (χ3v) is 3.38. The topological polar surface area (TPSA) is 41.6 Å². The molecule has 2 aromatic heterocycles. The lowest BCUT2D eigenvalue weighted by molar-refractivity contribution is 0.858. The van der Waals surface area contributed by atoms with E-state index in [1.165, 1.54) is 5.56 Å². The number of hydrogen-bond donors (Lipinski definition) is 1. The number of aromatic amines is 1. The van der Waals surface area contributed by atoms with Gasteiger partial charge in [-0.2, -0.15) is 5.10 Å². The molecule has 0 amide bonds. The van der Waals surface area contributed by atoms with Crippen LogP contribution in [0.3, 0.4) is 0 Å². The summed E-state index contributed by atoms with van der Waals surface area (Å²) in [7, 11) is 0. The molecule has 3 nitrogen and oxygen atoms in total. The van der Waals surface area contributed by atoms with Crippen LogP contribution < -0.4 is 0 Å². The van der Waals surface area contributed by atoms with Crippen molar-refractivity contribution >= 4 is 0 Å². The van der Waals surface area contributed by atoms with E-state index in [9.17, 15) is 0 Å². The van der Waals surface area contributed by atoms with Crippen molar-refractivity contribution in [2.75, 3.05) is 0 Å². The Bertz CT molecular complexity index is 699. The van der Waals surface area contributed by atoms with E-state index in [0.717, 1.165) is 22.5 Å². The molecule has 0 aliphatic rings. The fourth-order valence-electron chi connectivity index (χ4n) is 2.15. The number of hydrogen-bond acceptors (Lipinski definition) is 2. The summed E-state index contributed by atoms with van der Waals surface area (Å²) in [6.45, 7) is 4.33. The summed E-state index contributed by atoms with van der Waals surface area (Å²) < 4.78 is 0. The Balaban J connectivity index is 1.96. The number of nitrogens with zero attached hydrogens (tertiary/aromatic N) is 2. The van der Waals surface area contributed by atoms with Crippen molar-refractivity contribution in [3.63, 3.8) is 0 Å². The second-order valence-electron chi connectivity index (χ2n) is 5.19. The van der Waals surface area contributed by atoms with Crippen LogP contribution in [0.5, 0.6) is 0 Å². The molecule has 100 valence electrons. The maximum Gasteiger partial charge on any atom is 0.0942 e. The smallest absolute Gasteiger partial charge is 0.0942 e. The fraction of sp³-hybridized carbons (Fsp3) is 0.176. The first-order chi connectivity index (χ1) is 9.74. The number of benzene rings is 1. The Morgan fingerprint density at radius 1 is 0.950 bits per heavy atom. The third kappa shape index (κ3) is 2.48. The van der Waals surface area contributed by atoms with Crippen LogP contribution in [0.25, 0.3) is 22.5 Å². The van der Waals surface area contributed by atoms with Gasteiger partial charge in [-0.25, -0.2) is 0 Å². The highest BCUT2D eigenvalue weighted by Gasteiger charge is 2.08. The second-order valence-corrected chi connectivity index (χ2v) is 5.19. The van der Waals surface area contributed by atoms with Crippen molar-refractivity contribution in [2.45, 2.75) is 19.8 Å². The molecule has 0 saturated carbocycles. The Labute approximate surface area is 118 Å². The van der Waals surface area contributed by atoms with Gasteiger partial charge in [-0.05, 0) is 29.2 Å². The molecule has 0 atom stereocenters. The van der Waals surface area contributed by atoms with Crippen LogP contribution in [0.1, 0.15) is 25.3 Å². The maximum atomic E-state index is 4.40. The zero-order valence-corrected chi connectivity index (χ0v) is 11.7. The van der Waals surface area contributed by atoms with Crippen LogP contribution in [0.2, 0.25) is 0 Å². The molecule has 3 aromatic rings. The van der Waals surface area contributed by atoms with Gasteiger partial charge in [0.25, 0.3) is 0 Å². The van der Waals surface area contributed by atoms with Crippen LogP contribution in [0, 0.1) is 0 Å². The maximum absolute atomic E-state index is 4.40. The molecule has 1 aromatic carbocycles. The van der Waals surface area contributed by atoms with Crippen LogP contribution in [-0.4, -0.2) is 15.2 Å². The van der Waals surface area contributed by atoms with Crippen molar-refractivity contribution in [3.8, 4) is 22.5 Å². The monoisotopic (exact) mass is 263 g/mol. The van der Waals surface area contributed by atoms with Gasteiger partial charge in [0.1, 0.15) is 0 Å². The molecule has 3 rings (SSSR count). The molecule has 0 spiro atoms. The summed E-state index contributed by atoms with van der Waals surface area (Å²) in [6.07, 6.45) is 3.77. The van der Waals surface area contributed by atoms with E-state index < -0.39 is 0 Å². The van der Waals surface area contributed by atoms with Crippen molar-refractivity contribution in [3.05, 3.63) is 60.4 Å². The molecule has 20 heavy (non-hydrogen) atoms. The van der Waals surface area contributed by atoms with E-state index in [-0.39, 0.29) is 0 Å². The fourth-order valence-corrected chi connectivity index (χ4v) is 2.15. The largest absolute Gasteiger partial charge is 0.277 e. The standard InChI is InChI=1S/C17H17N3/c1-12(2)14-8-15(11-18-10-14)17-9-16(19-20-17)13-6-4-3-5-7-13/h3-12H,1-2H3,(H,19,20). The first-order valence-electron chi connectivity index (χ1n) is 6.80. The number of nitrogens with one attached hydrogen (secondary N) is 1. The summed E-state index contributed by atoms with van der Waals surface area (Å²) in [6, 6.07) is 14.4. The Morgan fingerprint density at radius 2 is 1.75 bits per heavy atom. The Morgan fingerprint density at radius 3 is 2.50 bits per heavy atom. The first-order valence-corrected chi connectivity index (χ1v) is 6.80. The molecular weight excluding hydrogens is 246 g/mol. The zero-order chi connectivity index (χ0) is 13.9. The van der Waals surface area contributed by atoms with E-state index in [4.69, 9.17) is 0 Å². The summed E-state index contributed by atoms with van der Waals surface area (Å²) in [5, 5.41) is 7.49. The molecule has 0 fully saturated rings. The van der Waals surface area contributed by atoms with Crippen molar-refractivity contribution < 1.29 is 0 Å². The summed E-state index contributed by atoms with van der Waals surface area (Å²) in [5.74, 6) is 0.468. The molecule has 2 heterocycles. The lowest BCUT2D eigenvalue weighted by atomic mass is 10.0. The number of H-pyrrole nitrogens is 1. The Hall–Kier alpha value is -2.42. The van der Waals surface area contributed by atoms with Crippen LogP contribution in [0.15, 0.2) is 54.9 Å². The summed E-state index contributed by atoms with van der Waals surface area (Å²) in [4.78, 5) is 4.31. The van der Waals surface area contributed by atoms with Gasteiger partial charge in [-0.1, -0.05) is 44.2 Å². The van der Waals surface area contributed by atoms with E-state index >= 15 is 0 Å². The van der Waals surface area contributed by atoms with Gasteiger partial charge in [0, 0.05) is 18.0 Å². The van der Waals surface area contributed by atoms with Gasteiger partial charge >= 0.3 is 0 Å². The van der Waals surface area contributed by atoms with Gasteiger partial charge in [-0.15, -0.1) is 0 Å². The zero-order valence-electron chi connectivity index (χ0n) is 11.7. The summed E-state index contributed by atoms with van der Waals surface area (Å²) in [5.41, 5.74) is 5.37. The SMILES string of the molecule is CC(C)c1cncc(-c2cc(-c3ccccc3)[nH]n2)c1. The highest BCUT2D eigenvalue weighted by Crippen LogP contribution is 2.25. The van der Waals surface area contributed by atoms with Crippen molar-refractivity contribution in [1.82, 2.24) is 15.2 Å². The normalized spacial score (nSPS) is 10.9. The second kappa shape index (κ2) is 5.29. The number of aromatic nitrogens is 3. The van der Waals surface area contributed by atoms with Crippen molar-refractivity contribution in [1.29, 1.82) is 0 Å². The van der Waals surface area contributed by atoms with E-state index in [1.54, 1.807) is 0 Å². The van der Waals surface area contributed by atoms with Crippen LogP contribution in [-0.2, 0) is 0 Å². The molecule has 3 heteroatoms.